The lowest BCUT2D eigenvalue weighted by molar-refractivity contribution is -0.00000865. The number of hydrogen-bond donors (Lipinski definition) is 0. The fourth-order valence-corrected chi connectivity index (χ4v) is 4.15. The van der Waals surface area contributed by atoms with Crippen LogP contribution in [0, 0.1) is 0 Å². The largest absolute Gasteiger partial charge is 1.00 e. The number of hydrogen-bond acceptors (Lipinski definition) is 5. The molecule has 0 spiro atoms. The molecule has 162 valence electrons. The Hall–Kier alpha value is -2.80. The van der Waals surface area contributed by atoms with Crippen LogP contribution in [0.2, 0.25) is 0 Å². The van der Waals surface area contributed by atoms with Crippen molar-refractivity contribution < 1.29 is 26.6 Å². The first-order valence-corrected chi connectivity index (χ1v) is 10.2. The number of pyridine rings is 1. The van der Waals surface area contributed by atoms with Crippen LogP contribution in [0.15, 0.2) is 54.7 Å². The molecule has 31 heavy (non-hydrogen) atoms. The van der Waals surface area contributed by atoms with Gasteiger partial charge in [-0.3, -0.25) is 4.90 Å². The molecule has 1 saturated heterocycles. The van der Waals surface area contributed by atoms with Gasteiger partial charge in [-0.2, -0.15) is 0 Å². The number of nitrogens with zero attached hydrogens (tertiary/aromatic N) is 3. The lowest BCUT2D eigenvalue weighted by Crippen LogP contribution is -3.00. The molecule has 1 aliphatic heterocycles. The van der Waals surface area contributed by atoms with Gasteiger partial charge in [-0.05, 0) is 29.7 Å². The van der Waals surface area contributed by atoms with Gasteiger partial charge in [0, 0.05) is 36.8 Å². The first-order chi connectivity index (χ1) is 14.8. The molecule has 2 aromatic carbocycles. The Bertz CT molecular complexity index is 1200. The van der Waals surface area contributed by atoms with Crippen LogP contribution in [0.5, 0.6) is 11.5 Å². The van der Waals surface area contributed by atoms with Gasteiger partial charge in [-0.1, -0.05) is 24.3 Å². The average molecular weight is 439 g/mol. The minimum Gasteiger partial charge on any atom is -1.00 e. The van der Waals surface area contributed by atoms with Crippen LogP contribution in [-0.2, 0) is 11.3 Å². The Labute approximate surface area is 187 Å². The smallest absolute Gasteiger partial charge is 0.161 e. The normalized spacial score (nSPS) is 14.5. The van der Waals surface area contributed by atoms with Crippen molar-refractivity contribution in [3.63, 3.8) is 0 Å². The van der Waals surface area contributed by atoms with Crippen molar-refractivity contribution in [3.8, 4) is 22.8 Å². The maximum absolute atomic E-state index is 5.55. The number of methoxy groups -OCH3 is 2. The molecule has 0 unspecified atom stereocenters. The van der Waals surface area contributed by atoms with Crippen molar-refractivity contribution in [2.75, 3.05) is 40.5 Å². The summed E-state index contributed by atoms with van der Waals surface area (Å²) in [6.07, 6.45) is 2.13. The molecule has 0 atom stereocenters. The molecular formula is C24H25ClN3O3-. The van der Waals surface area contributed by atoms with E-state index in [1.54, 1.807) is 14.2 Å². The maximum atomic E-state index is 5.55. The second-order valence-electron chi connectivity index (χ2n) is 7.46. The molecule has 1 aliphatic rings. The van der Waals surface area contributed by atoms with E-state index in [-0.39, 0.29) is 12.4 Å². The minimum atomic E-state index is 0. The summed E-state index contributed by atoms with van der Waals surface area (Å²) in [7, 11) is 3.31. The minimum absolute atomic E-state index is 0. The third kappa shape index (κ3) is 3.94. The highest BCUT2D eigenvalue weighted by Crippen LogP contribution is 2.35. The molecule has 0 N–H and O–H groups in total. The SMILES string of the molecule is COc1ccc(-c2nc3c4ccccc4ccn3c2CN2CCOCC2)cc1OC.[Cl-]. The van der Waals surface area contributed by atoms with Gasteiger partial charge < -0.3 is 31.0 Å². The molecular weight excluding hydrogens is 414 g/mol. The summed E-state index contributed by atoms with van der Waals surface area (Å²) in [4.78, 5) is 7.54. The lowest BCUT2D eigenvalue weighted by atomic mass is 10.1. The van der Waals surface area contributed by atoms with Crippen LogP contribution >= 0.6 is 0 Å². The van der Waals surface area contributed by atoms with Gasteiger partial charge in [-0.15, -0.1) is 0 Å². The molecule has 0 amide bonds. The van der Waals surface area contributed by atoms with Crippen molar-refractivity contribution in [1.29, 1.82) is 0 Å². The zero-order valence-corrected chi connectivity index (χ0v) is 18.4. The fraction of sp³-hybridized carbons (Fsp3) is 0.292. The van der Waals surface area contributed by atoms with E-state index in [1.165, 1.54) is 11.1 Å². The zero-order chi connectivity index (χ0) is 20.5. The van der Waals surface area contributed by atoms with E-state index in [0.29, 0.717) is 11.5 Å². The zero-order valence-electron chi connectivity index (χ0n) is 17.7. The summed E-state index contributed by atoms with van der Waals surface area (Å²) in [5.41, 5.74) is 4.13. The maximum Gasteiger partial charge on any atom is 0.161 e. The lowest BCUT2D eigenvalue weighted by Gasteiger charge is -2.26. The summed E-state index contributed by atoms with van der Waals surface area (Å²) in [6.45, 7) is 4.20. The molecule has 0 aliphatic carbocycles. The van der Waals surface area contributed by atoms with Crippen molar-refractivity contribution in [2.24, 2.45) is 0 Å². The second-order valence-corrected chi connectivity index (χ2v) is 7.46. The van der Waals surface area contributed by atoms with E-state index in [2.05, 4.69) is 45.8 Å². The number of ether oxygens (including phenoxy) is 3. The van der Waals surface area contributed by atoms with Crippen LogP contribution in [0.25, 0.3) is 27.7 Å². The number of rotatable bonds is 5. The van der Waals surface area contributed by atoms with Crippen molar-refractivity contribution in [1.82, 2.24) is 14.3 Å². The number of morpholine rings is 1. The third-order valence-corrected chi connectivity index (χ3v) is 5.75. The first kappa shape index (κ1) is 21.4. The summed E-state index contributed by atoms with van der Waals surface area (Å²) in [6, 6.07) is 16.5. The predicted octanol–water partition coefficient (Wildman–Crippen LogP) is 1.01. The van der Waals surface area contributed by atoms with E-state index in [0.717, 1.165) is 55.1 Å². The summed E-state index contributed by atoms with van der Waals surface area (Å²) >= 11 is 0. The summed E-state index contributed by atoms with van der Waals surface area (Å²) in [5.74, 6) is 1.42. The Balaban J connectivity index is 0.00000231. The number of aromatic nitrogens is 2. The molecule has 0 radical (unpaired) electrons. The van der Waals surface area contributed by atoms with Gasteiger partial charge in [0.2, 0.25) is 0 Å². The Morgan fingerprint density at radius 1 is 0.968 bits per heavy atom. The van der Waals surface area contributed by atoms with Crippen molar-refractivity contribution in [3.05, 3.63) is 60.4 Å². The van der Waals surface area contributed by atoms with Crippen LogP contribution < -0.4 is 21.9 Å². The topological polar surface area (TPSA) is 48.2 Å². The van der Waals surface area contributed by atoms with Crippen molar-refractivity contribution >= 4 is 16.4 Å². The van der Waals surface area contributed by atoms with E-state index in [4.69, 9.17) is 19.2 Å². The molecule has 1 fully saturated rings. The highest BCUT2D eigenvalue weighted by atomic mass is 35.5. The fourth-order valence-electron chi connectivity index (χ4n) is 4.15. The molecule has 0 saturated carbocycles. The van der Waals surface area contributed by atoms with Gasteiger partial charge in [0.05, 0.1) is 38.8 Å². The first-order valence-electron chi connectivity index (χ1n) is 10.2. The van der Waals surface area contributed by atoms with Crippen molar-refractivity contribution in [2.45, 2.75) is 6.54 Å². The van der Waals surface area contributed by atoms with Gasteiger partial charge in [-0.25, -0.2) is 4.98 Å². The van der Waals surface area contributed by atoms with Gasteiger partial charge in [0.25, 0.3) is 0 Å². The van der Waals surface area contributed by atoms with Crippen LogP contribution in [0.4, 0.5) is 0 Å². The predicted molar refractivity (Wildman–Crippen MR) is 117 cm³/mol. The van der Waals surface area contributed by atoms with E-state index >= 15 is 0 Å². The molecule has 0 bridgehead atoms. The van der Waals surface area contributed by atoms with E-state index < -0.39 is 0 Å². The Morgan fingerprint density at radius 3 is 2.52 bits per heavy atom. The van der Waals surface area contributed by atoms with Gasteiger partial charge >= 0.3 is 0 Å². The molecule has 5 rings (SSSR count). The highest BCUT2D eigenvalue weighted by Gasteiger charge is 2.21. The quantitative estimate of drug-likeness (QED) is 0.465. The molecule has 7 heteroatoms. The Morgan fingerprint density at radius 2 is 1.74 bits per heavy atom. The average Bonchev–Trinajstić information content (AvgIpc) is 3.18. The monoisotopic (exact) mass is 438 g/mol. The van der Waals surface area contributed by atoms with Gasteiger partial charge in [0.15, 0.2) is 11.5 Å². The Kier molecular flexibility index (Phi) is 6.32. The summed E-state index contributed by atoms with van der Waals surface area (Å²) < 4.78 is 18.7. The molecule has 2 aromatic heterocycles. The third-order valence-electron chi connectivity index (χ3n) is 5.75. The van der Waals surface area contributed by atoms with E-state index in [9.17, 15) is 0 Å². The van der Waals surface area contributed by atoms with Crippen LogP contribution in [-0.4, -0.2) is 54.8 Å². The number of halogens is 1. The summed E-state index contributed by atoms with van der Waals surface area (Å²) in [5, 5.41) is 2.33. The number of fused-ring (bicyclic) bond motifs is 3. The second kappa shape index (κ2) is 9.14. The highest BCUT2D eigenvalue weighted by molar-refractivity contribution is 5.95. The molecule has 6 nitrogen and oxygen atoms in total. The van der Waals surface area contributed by atoms with Gasteiger partial charge in [0.1, 0.15) is 5.65 Å². The standard InChI is InChI=1S/C24H25N3O3.ClH/c1-28-21-8-7-18(15-22(21)29-2)23-20(16-26-11-13-30-14-12-26)27-10-9-17-5-3-4-6-19(17)24(27)25-23;/h3-10,15H,11-14,16H2,1-2H3;1H/p-1. The molecule has 3 heterocycles. The van der Waals surface area contributed by atoms with Crippen LogP contribution in [0.3, 0.4) is 0 Å². The van der Waals surface area contributed by atoms with E-state index in [1.807, 2.05) is 18.2 Å². The molecule has 4 aromatic rings. The number of imidazole rings is 1. The number of benzene rings is 2. The van der Waals surface area contributed by atoms with Crippen LogP contribution in [0.1, 0.15) is 5.69 Å².